The van der Waals surface area contributed by atoms with Crippen molar-refractivity contribution in [1.82, 2.24) is 0 Å². The number of phenols is 1. The number of aliphatic carboxylic acids is 1. The summed E-state index contributed by atoms with van der Waals surface area (Å²) in [5, 5.41) is 18.0. The molecular weight excluding hydrogens is 266 g/mol. The second-order valence-electron chi connectivity index (χ2n) is 4.34. The Bertz CT molecular complexity index is 468. The average molecular weight is 281 g/mol. The van der Waals surface area contributed by atoms with Gasteiger partial charge >= 0.3 is 5.97 Å². The van der Waals surface area contributed by atoms with Crippen molar-refractivity contribution < 1.29 is 19.8 Å². The third-order valence-corrected chi connectivity index (χ3v) is 4.29. The van der Waals surface area contributed by atoms with Crippen molar-refractivity contribution in [2.75, 3.05) is 17.2 Å². The zero-order valence-corrected chi connectivity index (χ0v) is 11.1. The van der Waals surface area contributed by atoms with Gasteiger partial charge in [-0.2, -0.15) is 0 Å². The van der Waals surface area contributed by atoms with Gasteiger partial charge < -0.3 is 15.1 Å². The van der Waals surface area contributed by atoms with Crippen molar-refractivity contribution in [1.29, 1.82) is 0 Å². The van der Waals surface area contributed by atoms with Crippen LogP contribution in [0.5, 0.6) is 5.75 Å². The van der Waals surface area contributed by atoms with Gasteiger partial charge in [0, 0.05) is 5.69 Å². The number of phenolic OH excluding ortho intramolecular Hbond substituents is 1. The summed E-state index contributed by atoms with van der Waals surface area (Å²) < 4.78 is 0. The summed E-state index contributed by atoms with van der Waals surface area (Å²) in [7, 11) is 0. The molecule has 1 amide bonds. The minimum absolute atomic E-state index is 0.0849. The Labute approximate surface area is 115 Å². The van der Waals surface area contributed by atoms with Gasteiger partial charge in [0.05, 0.1) is 5.25 Å². The van der Waals surface area contributed by atoms with Crippen molar-refractivity contribution in [2.24, 2.45) is 0 Å². The Hall–Kier alpha value is -1.69. The molecule has 102 valence electrons. The first kappa shape index (κ1) is 13.7. The number of carboxylic acid groups (broad SMARTS) is 1. The molecule has 1 fully saturated rings. The lowest BCUT2D eigenvalue weighted by molar-refractivity contribution is -0.136. The van der Waals surface area contributed by atoms with Crippen LogP contribution >= 0.6 is 11.8 Å². The Kier molecular flexibility index (Phi) is 4.31. The van der Waals surface area contributed by atoms with Crippen LogP contribution in [0, 0.1) is 0 Å². The van der Waals surface area contributed by atoms with Gasteiger partial charge in [0.2, 0.25) is 5.91 Å². The summed E-state index contributed by atoms with van der Waals surface area (Å²) in [5.74, 6) is -0.200. The molecule has 0 aliphatic carbocycles. The van der Waals surface area contributed by atoms with E-state index in [1.807, 2.05) is 0 Å². The van der Waals surface area contributed by atoms with Crippen molar-refractivity contribution in [3.8, 4) is 5.75 Å². The molecule has 1 atom stereocenters. The number of aromatic hydroxyl groups is 1. The Balaban J connectivity index is 2.21. The molecule has 0 aromatic heterocycles. The van der Waals surface area contributed by atoms with E-state index >= 15 is 0 Å². The highest BCUT2D eigenvalue weighted by Crippen LogP contribution is 2.29. The predicted molar refractivity (Wildman–Crippen MR) is 73.6 cm³/mol. The van der Waals surface area contributed by atoms with E-state index in [1.165, 1.54) is 17.0 Å². The molecule has 1 aliphatic heterocycles. The van der Waals surface area contributed by atoms with Crippen LogP contribution in [0.25, 0.3) is 0 Å². The quantitative estimate of drug-likeness (QED) is 0.878. The molecular formula is C13H15NO4S. The van der Waals surface area contributed by atoms with E-state index < -0.39 is 5.97 Å². The standard InChI is InChI=1S/C13H15NO4S/c15-10-5-3-9(4-6-10)14(8-12(16)17)13(18)11-2-1-7-19-11/h3-6,11,15H,1-2,7-8H2,(H,16,17). The number of carbonyl (C=O) groups excluding carboxylic acids is 1. The molecule has 1 saturated heterocycles. The van der Waals surface area contributed by atoms with Gasteiger partial charge in [0.25, 0.3) is 0 Å². The number of anilines is 1. The van der Waals surface area contributed by atoms with Gasteiger partial charge in [-0.25, -0.2) is 0 Å². The summed E-state index contributed by atoms with van der Waals surface area (Å²) in [6.07, 6.45) is 1.77. The van der Waals surface area contributed by atoms with Crippen LogP contribution in [0.3, 0.4) is 0 Å². The first-order chi connectivity index (χ1) is 9.08. The molecule has 1 aromatic rings. The van der Waals surface area contributed by atoms with Gasteiger partial charge in [-0.15, -0.1) is 11.8 Å². The van der Waals surface area contributed by atoms with Gasteiger partial charge in [-0.3, -0.25) is 9.59 Å². The monoisotopic (exact) mass is 281 g/mol. The maximum Gasteiger partial charge on any atom is 0.323 e. The van der Waals surface area contributed by atoms with E-state index in [9.17, 15) is 14.7 Å². The maximum atomic E-state index is 12.3. The van der Waals surface area contributed by atoms with Gasteiger partial charge in [-0.1, -0.05) is 0 Å². The molecule has 1 unspecified atom stereocenters. The number of hydrogen-bond donors (Lipinski definition) is 2. The van der Waals surface area contributed by atoms with Crippen molar-refractivity contribution in [3.63, 3.8) is 0 Å². The fraction of sp³-hybridized carbons (Fsp3) is 0.385. The van der Waals surface area contributed by atoms with E-state index in [-0.39, 0.29) is 23.5 Å². The average Bonchev–Trinajstić information content (AvgIpc) is 2.90. The fourth-order valence-electron chi connectivity index (χ4n) is 2.01. The van der Waals surface area contributed by atoms with Crippen molar-refractivity contribution >= 4 is 29.3 Å². The zero-order valence-electron chi connectivity index (χ0n) is 10.3. The van der Waals surface area contributed by atoms with Crippen molar-refractivity contribution in [2.45, 2.75) is 18.1 Å². The highest BCUT2D eigenvalue weighted by atomic mass is 32.2. The molecule has 5 nitrogen and oxygen atoms in total. The predicted octanol–water partition coefficient (Wildman–Crippen LogP) is 1.71. The Morgan fingerprint density at radius 3 is 2.53 bits per heavy atom. The number of amides is 1. The topological polar surface area (TPSA) is 77.8 Å². The fourth-order valence-corrected chi connectivity index (χ4v) is 3.23. The van der Waals surface area contributed by atoms with Crippen LogP contribution in [0.4, 0.5) is 5.69 Å². The molecule has 0 radical (unpaired) electrons. The normalized spacial score (nSPS) is 18.2. The molecule has 0 saturated carbocycles. The minimum Gasteiger partial charge on any atom is -0.508 e. The summed E-state index contributed by atoms with van der Waals surface area (Å²) in [5.41, 5.74) is 0.498. The number of carbonyl (C=O) groups is 2. The summed E-state index contributed by atoms with van der Waals surface area (Å²) >= 11 is 1.57. The number of carboxylic acids is 1. The number of hydrogen-bond acceptors (Lipinski definition) is 4. The maximum absolute atomic E-state index is 12.3. The van der Waals surface area contributed by atoms with Crippen LogP contribution < -0.4 is 4.90 Å². The lowest BCUT2D eigenvalue weighted by atomic mass is 10.2. The largest absolute Gasteiger partial charge is 0.508 e. The van der Waals surface area contributed by atoms with Crippen LogP contribution in [0.15, 0.2) is 24.3 Å². The highest BCUT2D eigenvalue weighted by Gasteiger charge is 2.29. The first-order valence-corrected chi connectivity index (χ1v) is 7.06. The number of thioether (sulfide) groups is 1. The van der Waals surface area contributed by atoms with Crippen LogP contribution in [-0.2, 0) is 9.59 Å². The number of benzene rings is 1. The smallest absolute Gasteiger partial charge is 0.323 e. The molecule has 1 aromatic carbocycles. The van der Waals surface area contributed by atoms with E-state index in [0.29, 0.717) is 5.69 Å². The summed E-state index contributed by atoms with van der Waals surface area (Å²) in [6, 6.07) is 5.99. The molecule has 1 heterocycles. The van der Waals surface area contributed by atoms with E-state index in [2.05, 4.69) is 0 Å². The van der Waals surface area contributed by atoms with Gasteiger partial charge in [0.1, 0.15) is 12.3 Å². The van der Waals surface area contributed by atoms with Crippen LogP contribution in [0.2, 0.25) is 0 Å². The first-order valence-electron chi connectivity index (χ1n) is 6.02. The molecule has 19 heavy (non-hydrogen) atoms. The summed E-state index contributed by atoms with van der Waals surface area (Å²) in [6.45, 7) is -0.360. The van der Waals surface area contributed by atoms with Gasteiger partial charge in [-0.05, 0) is 42.9 Å². The molecule has 0 bridgehead atoms. The number of nitrogens with zero attached hydrogens (tertiary/aromatic N) is 1. The second kappa shape index (κ2) is 5.97. The third-order valence-electron chi connectivity index (χ3n) is 2.93. The number of rotatable bonds is 4. The van der Waals surface area contributed by atoms with E-state index in [1.54, 1.807) is 23.9 Å². The lowest BCUT2D eigenvalue weighted by Gasteiger charge is -2.23. The minimum atomic E-state index is -1.05. The third kappa shape index (κ3) is 3.41. The molecule has 0 spiro atoms. The molecule has 6 heteroatoms. The second-order valence-corrected chi connectivity index (χ2v) is 5.65. The summed E-state index contributed by atoms with van der Waals surface area (Å²) in [4.78, 5) is 24.5. The van der Waals surface area contributed by atoms with Gasteiger partial charge in [0.15, 0.2) is 0 Å². The molecule has 1 aliphatic rings. The Morgan fingerprint density at radius 1 is 1.32 bits per heavy atom. The lowest BCUT2D eigenvalue weighted by Crippen LogP contribution is -2.40. The van der Waals surface area contributed by atoms with Crippen LogP contribution in [-0.4, -0.2) is 39.6 Å². The Morgan fingerprint density at radius 2 is 2.00 bits per heavy atom. The zero-order chi connectivity index (χ0) is 13.8. The molecule has 2 N–H and O–H groups in total. The molecule has 2 rings (SSSR count). The SMILES string of the molecule is O=C(O)CN(C(=O)C1CCCS1)c1ccc(O)cc1. The van der Waals surface area contributed by atoms with Crippen molar-refractivity contribution in [3.05, 3.63) is 24.3 Å². The van der Waals surface area contributed by atoms with E-state index in [4.69, 9.17) is 5.11 Å². The van der Waals surface area contributed by atoms with Crippen LogP contribution in [0.1, 0.15) is 12.8 Å². The highest BCUT2D eigenvalue weighted by molar-refractivity contribution is 8.00. The van der Waals surface area contributed by atoms with E-state index in [0.717, 1.165) is 18.6 Å².